The first kappa shape index (κ1) is 13.9. The second kappa shape index (κ2) is 5.60. The number of likely N-dealkylation sites (tertiary alicyclic amines) is 1. The molecule has 0 bridgehead atoms. The molecule has 1 aromatic carbocycles. The fraction of sp³-hybridized carbons (Fsp3) is 0.600. The van der Waals surface area contributed by atoms with Crippen LogP contribution in [0.2, 0.25) is 5.02 Å². The average molecular weight is 268 g/mol. The molecule has 0 saturated carbocycles. The van der Waals surface area contributed by atoms with Crippen LogP contribution in [-0.2, 0) is 0 Å². The standard InChI is InChI=1S/C15H22ClNO/c1-15(2)9-5-10-17(15)11-8-14(18)12-6-3-4-7-13(12)16/h3-4,6-7,14,18H,5,8-11H2,1-2H3. The van der Waals surface area contributed by atoms with Gasteiger partial charge in [0.2, 0.25) is 0 Å². The molecular formula is C15H22ClNO. The summed E-state index contributed by atoms with van der Waals surface area (Å²) in [7, 11) is 0. The zero-order valence-electron chi connectivity index (χ0n) is 11.2. The highest BCUT2D eigenvalue weighted by Gasteiger charge is 2.31. The van der Waals surface area contributed by atoms with E-state index in [0.717, 1.165) is 25.1 Å². The van der Waals surface area contributed by atoms with Crippen molar-refractivity contribution in [3.05, 3.63) is 34.9 Å². The largest absolute Gasteiger partial charge is 0.388 e. The topological polar surface area (TPSA) is 23.5 Å². The van der Waals surface area contributed by atoms with Crippen LogP contribution in [0.4, 0.5) is 0 Å². The smallest absolute Gasteiger partial charge is 0.0816 e. The van der Waals surface area contributed by atoms with Gasteiger partial charge in [0.1, 0.15) is 0 Å². The van der Waals surface area contributed by atoms with Crippen LogP contribution < -0.4 is 0 Å². The number of nitrogens with zero attached hydrogens (tertiary/aromatic N) is 1. The zero-order valence-corrected chi connectivity index (χ0v) is 12.0. The quantitative estimate of drug-likeness (QED) is 0.900. The second-order valence-corrected chi connectivity index (χ2v) is 6.14. The Morgan fingerprint density at radius 2 is 2.11 bits per heavy atom. The fourth-order valence-corrected chi connectivity index (χ4v) is 3.02. The number of aliphatic hydroxyl groups is 1. The molecule has 1 aliphatic heterocycles. The van der Waals surface area contributed by atoms with E-state index in [2.05, 4.69) is 18.7 Å². The lowest BCUT2D eigenvalue weighted by Crippen LogP contribution is -2.39. The maximum atomic E-state index is 10.2. The third kappa shape index (κ3) is 3.05. The van der Waals surface area contributed by atoms with Gasteiger partial charge in [0, 0.05) is 17.1 Å². The van der Waals surface area contributed by atoms with Gasteiger partial charge in [-0.3, -0.25) is 4.90 Å². The van der Waals surface area contributed by atoms with Crippen LogP contribution in [-0.4, -0.2) is 28.6 Å². The summed E-state index contributed by atoms with van der Waals surface area (Å²) in [6.07, 6.45) is 2.78. The monoisotopic (exact) mass is 267 g/mol. The van der Waals surface area contributed by atoms with Crippen molar-refractivity contribution < 1.29 is 5.11 Å². The van der Waals surface area contributed by atoms with E-state index in [1.165, 1.54) is 12.8 Å². The SMILES string of the molecule is CC1(C)CCCN1CCC(O)c1ccccc1Cl. The van der Waals surface area contributed by atoms with E-state index < -0.39 is 6.10 Å². The van der Waals surface area contributed by atoms with Gasteiger partial charge < -0.3 is 5.11 Å². The molecule has 1 aromatic rings. The molecule has 1 saturated heterocycles. The first-order valence-electron chi connectivity index (χ1n) is 6.68. The zero-order chi connectivity index (χ0) is 13.2. The van der Waals surface area contributed by atoms with E-state index in [1.54, 1.807) is 0 Å². The first-order chi connectivity index (χ1) is 8.50. The van der Waals surface area contributed by atoms with E-state index in [0.29, 0.717) is 5.02 Å². The molecule has 1 unspecified atom stereocenters. The van der Waals surface area contributed by atoms with Gasteiger partial charge in [0.25, 0.3) is 0 Å². The molecule has 1 aliphatic rings. The minimum Gasteiger partial charge on any atom is -0.388 e. The summed E-state index contributed by atoms with van der Waals surface area (Å²) < 4.78 is 0. The third-order valence-electron chi connectivity index (χ3n) is 4.01. The van der Waals surface area contributed by atoms with Crippen LogP contribution in [0.15, 0.2) is 24.3 Å². The molecule has 0 aliphatic carbocycles. The molecule has 0 radical (unpaired) electrons. The first-order valence-corrected chi connectivity index (χ1v) is 7.06. The van der Waals surface area contributed by atoms with Crippen LogP contribution in [0.3, 0.4) is 0 Å². The lowest BCUT2D eigenvalue weighted by molar-refractivity contribution is 0.115. The van der Waals surface area contributed by atoms with E-state index in [4.69, 9.17) is 11.6 Å². The van der Waals surface area contributed by atoms with Crippen molar-refractivity contribution in [3.63, 3.8) is 0 Å². The summed E-state index contributed by atoms with van der Waals surface area (Å²) in [5.41, 5.74) is 1.12. The van der Waals surface area contributed by atoms with Crippen molar-refractivity contribution in [2.45, 2.75) is 44.8 Å². The summed E-state index contributed by atoms with van der Waals surface area (Å²) in [5.74, 6) is 0. The Kier molecular flexibility index (Phi) is 4.31. The van der Waals surface area contributed by atoms with Gasteiger partial charge >= 0.3 is 0 Å². The summed E-state index contributed by atoms with van der Waals surface area (Å²) in [4.78, 5) is 2.47. The van der Waals surface area contributed by atoms with Crippen molar-refractivity contribution in [1.29, 1.82) is 0 Å². The van der Waals surface area contributed by atoms with Crippen LogP contribution in [0.25, 0.3) is 0 Å². The molecule has 1 N–H and O–H groups in total. The molecule has 3 heteroatoms. The summed E-state index contributed by atoms with van der Waals surface area (Å²) in [6.45, 7) is 6.63. The van der Waals surface area contributed by atoms with E-state index in [9.17, 15) is 5.11 Å². The maximum absolute atomic E-state index is 10.2. The van der Waals surface area contributed by atoms with Crippen LogP contribution in [0.1, 0.15) is 44.8 Å². The van der Waals surface area contributed by atoms with Gasteiger partial charge in [-0.2, -0.15) is 0 Å². The number of hydrogen-bond acceptors (Lipinski definition) is 2. The van der Waals surface area contributed by atoms with Crippen molar-refractivity contribution in [3.8, 4) is 0 Å². The molecule has 0 amide bonds. The average Bonchev–Trinajstić information content (AvgIpc) is 2.66. The highest BCUT2D eigenvalue weighted by atomic mass is 35.5. The highest BCUT2D eigenvalue weighted by molar-refractivity contribution is 6.31. The van der Waals surface area contributed by atoms with Gasteiger partial charge in [0.15, 0.2) is 0 Å². The molecule has 1 heterocycles. The van der Waals surface area contributed by atoms with Crippen LogP contribution >= 0.6 is 11.6 Å². The lowest BCUT2D eigenvalue weighted by atomic mass is 10.0. The van der Waals surface area contributed by atoms with Gasteiger partial charge in [0.05, 0.1) is 6.10 Å². The Morgan fingerprint density at radius 1 is 1.39 bits per heavy atom. The highest BCUT2D eigenvalue weighted by Crippen LogP contribution is 2.30. The molecule has 0 spiro atoms. The molecule has 18 heavy (non-hydrogen) atoms. The summed E-state index contributed by atoms with van der Waals surface area (Å²) in [6, 6.07) is 7.55. The number of halogens is 1. The lowest BCUT2D eigenvalue weighted by Gasteiger charge is -2.32. The van der Waals surface area contributed by atoms with Crippen LogP contribution in [0.5, 0.6) is 0 Å². The normalized spacial score (nSPS) is 21.1. The maximum Gasteiger partial charge on any atom is 0.0816 e. The van der Waals surface area contributed by atoms with E-state index in [1.807, 2.05) is 24.3 Å². The van der Waals surface area contributed by atoms with Gasteiger partial charge in [-0.05, 0) is 51.3 Å². The van der Waals surface area contributed by atoms with Crippen LogP contribution in [0, 0.1) is 0 Å². The Hall–Kier alpha value is -0.570. The number of rotatable bonds is 4. The molecule has 1 atom stereocenters. The minimum atomic E-state index is -0.463. The number of benzene rings is 1. The Bertz CT molecular complexity index is 405. The Morgan fingerprint density at radius 3 is 2.72 bits per heavy atom. The van der Waals surface area contributed by atoms with E-state index >= 15 is 0 Å². The fourth-order valence-electron chi connectivity index (χ4n) is 2.76. The van der Waals surface area contributed by atoms with Crippen molar-refractivity contribution >= 4 is 11.6 Å². The molecule has 2 nitrogen and oxygen atoms in total. The minimum absolute atomic E-state index is 0.278. The Balaban J connectivity index is 1.93. The van der Waals surface area contributed by atoms with Crippen molar-refractivity contribution in [2.75, 3.05) is 13.1 Å². The van der Waals surface area contributed by atoms with Crippen molar-refractivity contribution in [1.82, 2.24) is 4.90 Å². The third-order valence-corrected chi connectivity index (χ3v) is 4.35. The molecule has 2 rings (SSSR count). The molecule has 100 valence electrons. The van der Waals surface area contributed by atoms with Gasteiger partial charge in [-0.1, -0.05) is 29.8 Å². The van der Waals surface area contributed by atoms with Gasteiger partial charge in [-0.15, -0.1) is 0 Å². The molecule has 0 aromatic heterocycles. The molecule has 1 fully saturated rings. The number of hydrogen-bond donors (Lipinski definition) is 1. The second-order valence-electron chi connectivity index (χ2n) is 5.73. The Labute approximate surface area is 115 Å². The van der Waals surface area contributed by atoms with Gasteiger partial charge in [-0.25, -0.2) is 0 Å². The summed E-state index contributed by atoms with van der Waals surface area (Å²) in [5, 5.41) is 10.9. The molecular weight excluding hydrogens is 246 g/mol. The number of aliphatic hydroxyl groups excluding tert-OH is 1. The van der Waals surface area contributed by atoms with E-state index in [-0.39, 0.29) is 5.54 Å². The predicted molar refractivity (Wildman–Crippen MR) is 75.9 cm³/mol. The predicted octanol–water partition coefficient (Wildman–Crippen LogP) is 3.64. The summed E-state index contributed by atoms with van der Waals surface area (Å²) >= 11 is 6.10. The van der Waals surface area contributed by atoms with Crippen molar-refractivity contribution in [2.24, 2.45) is 0 Å².